The van der Waals surface area contributed by atoms with Crippen LogP contribution in [0.25, 0.3) is 22.2 Å². The summed E-state index contributed by atoms with van der Waals surface area (Å²) in [6, 6.07) is 12.1. The van der Waals surface area contributed by atoms with Gasteiger partial charge in [0.25, 0.3) is 5.91 Å². The summed E-state index contributed by atoms with van der Waals surface area (Å²) in [4.78, 5) is 18.1. The number of nitrogens with one attached hydrogen (secondary N) is 2. The molecule has 3 aromatic rings. The van der Waals surface area contributed by atoms with Crippen LogP contribution in [0, 0.1) is 0 Å². The Balaban J connectivity index is 1.59. The lowest BCUT2D eigenvalue weighted by atomic mass is 9.96. The van der Waals surface area contributed by atoms with Gasteiger partial charge in [-0.1, -0.05) is 13.8 Å². The number of hydrogen-bond acceptors (Lipinski definition) is 5. The van der Waals surface area contributed by atoms with E-state index in [4.69, 9.17) is 14.2 Å². The van der Waals surface area contributed by atoms with Gasteiger partial charge in [-0.2, -0.15) is 0 Å². The number of hydrogen-bond donors (Lipinski definition) is 2. The highest BCUT2D eigenvalue weighted by Crippen LogP contribution is 2.39. The third-order valence-electron chi connectivity index (χ3n) is 6.63. The normalized spacial score (nSPS) is 16.0. The molecule has 1 atom stereocenters. The quantitative estimate of drug-likeness (QED) is 0.510. The first-order valence-corrected chi connectivity index (χ1v) is 11.9. The van der Waals surface area contributed by atoms with Crippen molar-refractivity contribution in [2.45, 2.75) is 38.6 Å². The van der Waals surface area contributed by atoms with Gasteiger partial charge < -0.3 is 29.4 Å². The summed E-state index contributed by atoms with van der Waals surface area (Å²) in [5.74, 6) is 2.35. The molecule has 1 aliphatic heterocycles. The molecule has 2 N–H and O–H groups in total. The number of ether oxygens (including phenoxy) is 3. The van der Waals surface area contributed by atoms with E-state index >= 15 is 0 Å². The third kappa shape index (κ3) is 4.85. The van der Waals surface area contributed by atoms with Gasteiger partial charge in [0.1, 0.15) is 5.75 Å². The van der Waals surface area contributed by atoms with Crippen LogP contribution < -0.4 is 19.5 Å². The molecule has 1 fully saturated rings. The number of H-pyrrole nitrogens is 1. The number of piperidine rings is 1. The molecule has 0 bridgehead atoms. The fraction of sp³-hybridized carbons (Fsp3) is 0.444. The predicted molar refractivity (Wildman–Crippen MR) is 135 cm³/mol. The number of carbonyl (C=O) groups is 1. The van der Waals surface area contributed by atoms with Crippen LogP contribution in [0.4, 0.5) is 0 Å². The van der Waals surface area contributed by atoms with Crippen LogP contribution in [0.15, 0.2) is 36.4 Å². The average molecular weight is 466 g/mol. The first kappa shape index (κ1) is 24.0. The number of fused-ring (bicyclic) bond motifs is 1. The van der Waals surface area contributed by atoms with Gasteiger partial charge in [0.05, 0.1) is 19.9 Å². The largest absolute Gasteiger partial charge is 0.493 e. The number of aromatic amines is 1. The highest BCUT2D eigenvalue weighted by Gasteiger charge is 2.23. The molecule has 7 nitrogen and oxygen atoms in total. The first-order valence-electron chi connectivity index (χ1n) is 11.9. The van der Waals surface area contributed by atoms with Crippen LogP contribution in [0.1, 0.15) is 38.2 Å². The standard InChI is InChI=1S/C27H35N3O4/c1-17(2)26-21-14-20(34-16-25(31)30(3)19-7-6-12-28-15-19)9-10-22(21)29-27(26)18-8-11-23(32-4)24(13-18)33-5/h8-11,13-14,17,19,28-29H,6-7,12,15-16H2,1-5H3. The summed E-state index contributed by atoms with van der Waals surface area (Å²) in [7, 11) is 5.14. The zero-order valence-electron chi connectivity index (χ0n) is 20.7. The molecule has 1 unspecified atom stereocenters. The van der Waals surface area contributed by atoms with Crippen molar-refractivity contribution >= 4 is 16.8 Å². The molecule has 1 saturated heterocycles. The zero-order valence-corrected chi connectivity index (χ0v) is 20.7. The van der Waals surface area contributed by atoms with E-state index in [0.717, 1.165) is 48.1 Å². The topological polar surface area (TPSA) is 75.8 Å². The summed E-state index contributed by atoms with van der Waals surface area (Å²) in [6.07, 6.45) is 2.12. The van der Waals surface area contributed by atoms with Gasteiger partial charge >= 0.3 is 0 Å². The maximum Gasteiger partial charge on any atom is 0.260 e. The molecule has 4 rings (SSSR count). The minimum absolute atomic E-state index is 0.00188. The molecule has 0 spiro atoms. The van der Waals surface area contributed by atoms with Gasteiger partial charge in [0.2, 0.25) is 0 Å². The van der Waals surface area contributed by atoms with Gasteiger partial charge in [-0.05, 0) is 67.3 Å². The molecule has 1 aromatic heterocycles. The summed E-state index contributed by atoms with van der Waals surface area (Å²) in [5.41, 5.74) is 4.29. The van der Waals surface area contributed by atoms with E-state index in [1.807, 2.05) is 48.3 Å². The summed E-state index contributed by atoms with van der Waals surface area (Å²) >= 11 is 0. The van der Waals surface area contributed by atoms with Crippen molar-refractivity contribution in [1.82, 2.24) is 15.2 Å². The molecule has 1 aliphatic rings. The lowest BCUT2D eigenvalue weighted by molar-refractivity contribution is -0.134. The van der Waals surface area contributed by atoms with Crippen LogP contribution in [-0.2, 0) is 4.79 Å². The Morgan fingerprint density at radius 2 is 1.91 bits per heavy atom. The molecule has 182 valence electrons. The minimum atomic E-state index is -0.00188. The molecule has 7 heteroatoms. The third-order valence-corrected chi connectivity index (χ3v) is 6.63. The number of methoxy groups -OCH3 is 2. The fourth-order valence-electron chi connectivity index (χ4n) is 4.72. The Labute approximate surface area is 201 Å². The molecular formula is C27H35N3O4. The summed E-state index contributed by atoms with van der Waals surface area (Å²) in [6.45, 7) is 6.25. The van der Waals surface area contributed by atoms with Crippen LogP contribution in [0.5, 0.6) is 17.2 Å². The summed E-state index contributed by atoms with van der Waals surface area (Å²) < 4.78 is 16.8. The Hall–Kier alpha value is -3.19. The highest BCUT2D eigenvalue weighted by atomic mass is 16.5. The maximum absolute atomic E-state index is 12.7. The average Bonchev–Trinajstić information content (AvgIpc) is 3.26. The molecule has 34 heavy (non-hydrogen) atoms. The van der Waals surface area contributed by atoms with Gasteiger partial charge in [0, 0.05) is 36.1 Å². The van der Waals surface area contributed by atoms with Crippen molar-refractivity contribution in [2.75, 3.05) is 41.0 Å². The van der Waals surface area contributed by atoms with E-state index in [2.05, 4.69) is 24.1 Å². The van der Waals surface area contributed by atoms with E-state index in [1.54, 1.807) is 14.2 Å². The number of aromatic nitrogens is 1. The molecule has 2 heterocycles. The highest BCUT2D eigenvalue weighted by molar-refractivity contribution is 5.92. The number of nitrogens with zero attached hydrogens (tertiary/aromatic N) is 1. The molecule has 1 amide bonds. The van der Waals surface area contributed by atoms with Gasteiger partial charge in [-0.25, -0.2) is 0 Å². The molecular weight excluding hydrogens is 430 g/mol. The lowest BCUT2D eigenvalue weighted by Gasteiger charge is -2.31. The number of rotatable bonds is 8. The van der Waals surface area contributed by atoms with Gasteiger partial charge in [-0.3, -0.25) is 4.79 Å². The minimum Gasteiger partial charge on any atom is -0.493 e. The van der Waals surface area contributed by atoms with Crippen molar-refractivity contribution in [3.05, 3.63) is 42.0 Å². The molecule has 0 radical (unpaired) electrons. The number of likely N-dealkylation sites (N-methyl/N-ethyl adjacent to an activating group) is 1. The SMILES string of the molecule is COc1ccc(-c2[nH]c3ccc(OCC(=O)N(C)C4CCCNC4)cc3c2C(C)C)cc1OC. The Bertz CT molecular complexity index is 1150. The van der Waals surface area contributed by atoms with Crippen molar-refractivity contribution in [2.24, 2.45) is 0 Å². The Kier molecular flexibility index (Phi) is 7.32. The zero-order chi connectivity index (χ0) is 24.2. The number of benzene rings is 2. The fourth-order valence-corrected chi connectivity index (χ4v) is 4.72. The second-order valence-corrected chi connectivity index (χ2v) is 9.14. The predicted octanol–water partition coefficient (Wildman–Crippen LogP) is 4.56. The lowest BCUT2D eigenvalue weighted by Crippen LogP contribution is -2.48. The van der Waals surface area contributed by atoms with E-state index in [0.29, 0.717) is 17.2 Å². The van der Waals surface area contributed by atoms with Gasteiger partial charge in [-0.15, -0.1) is 0 Å². The van der Waals surface area contributed by atoms with E-state index in [-0.39, 0.29) is 24.5 Å². The van der Waals surface area contributed by atoms with Crippen LogP contribution in [0.3, 0.4) is 0 Å². The van der Waals surface area contributed by atoms with Crippen LogP contribution in [-0.4, -0.2) is 62.8 Å². The second-order valence-electron chi connectivity index (χ2n) is 9.14. The summed E-state index contributed by atoms with van der Waals surface area (Å²) in [5, 5.41) is 4.45. The van der Waals surface area contributed by atoms with Crippen molar-refractivity contribution in [3.8, 4) is 28.5 Å². The second kappa shape index (κ2) is 10.4. The molecule has 2 aromatic carbocycles. The van der Waals surface area contributed by atoms with E-state index in [1.165, 1.54) is 5.56 Å². The molecule has 0 saturated carbocycles. The monoisotopic (exact) mass is 465 g/mol. The smallest absolute Gasteiger partial charge is 0.260 e. The van der Waals surface area contributed by atoms with Crippen LogP contribution in [0.2, 0.25) is 0 Å². The Morgan fingerprint density at radius 3 is 2.59 bits per heavy atom. The number of amides is 1. The van der Waals surface area contributed by atoms with Gasteiger partial charge in [0.15, 0.2) is 18.1 Å². The van der Waals surface area contributed by atoms with Crippen LogP contribution >= 0.6 is 0 Å². The Morgan fingerprint density at radius 1 is 1.12 bits per heavy atom. The first-order chi connectivity index (χ1) is 16.4. The molecule has 0 aliphatic carbocycles. The van der Waals surface area contributed by atoms with E-state index in [9.17, 15) is 4.79 Å². The van der Waals surface area contributed by atoms with Crippen molar-refractivity contribution in [3.63, 3.8) is 0 Å². The van der Waals surface area contributed by atoms with E-state index < -0.39 is 0 Å². The van der Waals surface area contributed by atoms with Crippen molar-refractivity contribution in [1.29, 1.82) is 0 Å². The van der Waals surface area contributed by atoms with Crippen molar-refractivity contribution < 1.29 is 19.0 Å². The maximum atomic E-state index is 12.7. The number of carbonyl (C=O) groups excluding carboxylic acids is 1.